The van der Waals surface area contributed by atoms with Crippen LogP contribution in [0, 0.1) is 11.8 Å². The predicted octanol–water partition coefficient (Wildman–Crippen LogP) is -0.316. The molecule has 0 spiro atoms. The van der Waals surface area contributed by atoms with Gasteiger partial charge in [-0.25, -0.2) is 0 Å². The van der Waals surface area contributed by atoms with Crippen LogP contribution in [0.4, 0.5) is 0 Å². The van der Waals surface area contributed by atoms with Gasteiger partial charge in [-0.15, -0.1) is 0 Å². The van der Waals surface area contributed by atoms with Gasteiger partial charge in [-0.2, -0.15) is 0 Å². The molecule has 2 atom stereocenters. The largest absolute Gasteiger partial charge is 0.345 e. The Balaban J connectivity index is 2.11. The summed E-state index contributed by atoms with van der Waals surface area (Å²) in [7, 11) is 1.91. The Morgan fingerprint density at radius 2 is 2.36 bits per heavy atom. The molecule has 0 saturated carbocycles. The Morgan fingerprint density at radius 1 is 1.55 bits per heavy atom. The maximum Gasteiger partial charge on any atom is 0.226 e. The number of nitrogens with one attached hydrogen (secondary N) is 1. The standard InChI is InChI=1S/C8H14N2O/c1-10-5-6-2-7(8(10)11)4-9-3-6/h6-7,9H,2-5H2,1H3. The average Bonchev–Trinajstić information content (AvgIpc) is 2.01. The number of amides is 1. The van der Waals surface area contributed by atoms with Gasteiger partial charge in [-0.05, 0) is 18.9 Å². The summed E-state index contributed by atoms with van der Waals surface area (Å²) >= 11 is 0. The number of hydrogen-bond acceptors (Lipinski definition) is 2. The summed E-state index contributed by atoms with van der Waals surface area (Å²) in [6, 6.07) is 0. The minimum Gasteiger partial charge on any atom is -0.345 e. The molecule has 62 valence electrons. The summed E-state index contributed by atoms with van der Waals surface area (Å²) in [6.07, 6.45) is 1.11. The number of likely N-dealkylation sites (tertiary alicyclic amines) is 1. The van der Waals surface area contributed by atoms with Crippen LogP contribution in [-0.4, -0.2) is 37.5 Å². The molecule has 0 aromatic carbocycles. The molecule has 2 heterocycles. The summed E-state index contributed by atoms with van der Waals surface area (Å²) in [5, 5.41) is 3.29. The fourth-order valence-electron chi connectivity index (χ4n) is 2.15. The van der Waals surface area contributed by atoms with Gasteiger partial charge in [-0.1, -0.05) is 0 Å². The van der Waals surface area contributed by atoms with Crippen LogP contribution >= 0.6 is 0 Å². The molecular formula is C8H14N2O. The molecule has 2 rings (SSSR count). The van der Waals surface area contributed by atoms with Gasteiger partial charge in [0, 0.05) is 20.1 Å². The van der Waals surface area contributed by atoms with Crippen molar-refractivity contribution < 1.29 is 4.79 Å². The van der Waals surface area contributed by atoms with Crippen molar-refractivity contribution in [2.75, 3.05) is 26.7 Å². The van der Waals surface area contributed by atoms with Crippen molar-refractivity contribution in [3.05, 3.63) is 0 Å². The van der Waals surface area contributed by atoms with Crippen molar-refractivity contribution in [2.45, 2.75) is 6.42 Å². The highest BCUT2D eigenvalue weighted by Gasteiger charge is 2.34. The van der Waals surface area contributed by atoms with Gasteiger partial charge in [0.1, 0.15) is 0 Å². The van der Waals surface area contributed by atoms with E-state index in [4.69, 9.17) is 0 Å². The van der Waals surface area contributed by atoms with Crippen molar-refractivity contribution >= 4 is 5.91 Å². The molecule has 2 saturated heterocycles. The number of carbonyl (C=O) groups excluding carboxylic acids is 1. The lowest BCUT2D eigenvalue weighted by Gasteiger charge is -2.39. The van der Waals surface area contributed by atoms with Gasteiger partial charge in [0.25, 0.3) is 0 Å². The van der Waals surface area contributed by atoms with Crippen LogP contribution in [0.2, 0.25) is 0 Å². The second-order valence-electron chi connectivity index (χ2n) is 3.68. The van der Waals surface area contributed by atoms with Crippen LogP contribution < -0.4 is 5.32 Å². The van der Waals surface area contributed by atoms with Crippen molar-refractivity contribution in [2.24, 2.45) is 11.8 Å². The van der Waals surface area contributed by atoms with Crippen LogP contribution in [0.25, 0.3) is 0 Å². The van der Waals surface area contributed by atoms with Gasteiger partial charge < -0.3 is 10.2 Å². The van der Waals surface area contributed by atoms with E-state index in [-0.39, 0.29) is 5.92 Å². The van der Waals surface area contributed by atoms with E-state index in [1.807, 2.05) is 11.9 Å². The van der Waals surface area contributed by atoms with E-state index in [1.165, 1.54) is 0 Å². The first kappa shape index (κ1) is 7.10. The molecule has 2 aliphatic rings. The molecule has 2 fully saturated rings. The zero-order valence-electron chi connectivity index (χ0n) is 6.84. The quantitative estimate of drug-likeness (QED) is 0.519. The number of fused-ring (bicyclic) bond motifs is 2. The molecule has 1 N–H and O–H groups in total. The summed E-state index contributed by atoms with van der Waals surface area (Å²) in [4.78, 5) is 13.3. The number of piperidine rings is 2. The SMILES string of the molecule is CN1CC2CNCC(C2)C1=O. The molecule has 0 radical (unpaired) electrons. The van der Waals surface area contributed by atoms with Gasteiger partial charge in [0.2, 0.25) is 5.91 Å². The summed E-state index contributed by atoms with van der Waals surface area (Å²) in [6.45, 7) is 2.93. The third-order valence-corrected chi connectivity index (χ3v) is 2.70. The first-order chi connectivity index (χ1) is 5.27. The van der Waals surface area contributed by atoms with Crippen LogP contribution in [0.5, 0.6) is 0 Å². The molecule has 1 amide bonds. The molecule has 0 aliphatic carbocycles. The molecule has 3 nitrogen and oxygen atoms in total. The van der Waals surface area contributed by atoms with Crippen LogP contribution in [0.15, 0.2) is 0 Å². The maximum absolute atomic E-state index is 11.4. The smallest absolute Gasteiger partial charge is 0.226 e. The van der Waals surface area contributed by atoms with Crippen LogP contribution in [-0.2, 0) is 4.79 Å². The lowest BCUT2D eigenvalue weighted by atomic mass is 9.85. The minimum atomic E-state index is 0.271. The van der Waals surface area contributed by atoms with Gasteiger partial charge in [-0.3, -0.25) is 4.79 Å². The Labute approximate surface area is 66.8 Å². The van der Waals surface area contributed by atoms with Gasteiger partial charge >= 0.3 is 0 Å². The zero-order chi connectivity index (χ0) is 7.84. The third kappa shape index (κ3) is 1.13. The van der Waals surface area contributed by atoms with Crippen LogP contribution in [0.3, 0.4) is 0 Å². The first-order valence-corrected chi connectivity index (χ1v) is 4.23. The fourth-order valence-corrected chi connectivity index (χ4v) is 2.15. The van der Waals surface area contributed by atoms with Crippen molar-refractivity contribution in [3.8, 4) is 0 Å². The second kappa shape index (κ2) is 2.48. The minimum absolute atomic E-state index is 0.271. The van der Waals surface area contributed by atoms with Crippen molar-refractivity contribution in [1.29, 1.82) is 0 Å². The van der Waals surface area contributed by atoms with E-state index in [0.29, 0.717) is 11.8 Å². The second-order valence-corrected chi connectivity index (χ2v) is 3.68. The third-order valence-electron chi connectivity index (χ3n) is 2.70. The molecule has 11 heavy (non-hydrogen) atoms. The van der Waals surface area contributed by atoms with E-state index >= 15 is 0 Å². The lowest BCUT2D eigenvalue weighted by molar-refractivity contribution is -0.139. The molecule has 3 heteroatoms. The highest BCUT2D eigenvalue weighted by atomic mass is 16.2. The molecule has 2 aliphatic heterocycles. The van der Waals surface area contributed by atoms with Gasteiger partial charge in [0.05, 0.1) is 5.92 Å². The molecular weight excluding hydrogens is 140 g/mol. The lowest BCUT2D eigenvalue weighted by Crippen LogP contribution is -2.52. The van der Waals surface area contributed by atoms with E-state index in [9.17, 15) is 4.79 Å². The monoisotopic (exact) mass is 154 g/mol. The predicted molar refractivity (Wildman–Crippen MR) is 42.1 cm³/mol. The van der Waals surface area contributed by atoms with Gasteiger partial charge in [0.15, 0.2) is 0 Å². The van der Waals surface area contributed by atoms with E-state index < -0.39 is 0 Å². The van der Waals surface area contributed by atoms with E-state index in [0.717, 1.165) is 26.1 Å². The molecule has 0 aromatic rings. The summed E-state index contributed by atoms with van der Waals surface area (Å²) in [5.41, 5.74) is 0. The zero-order valence-corrected chi connectivity index (χ0v) is 6.84. The first-order valence-electron chi connectivity index (χ1n) is 4.23. The highest BCUT2D eigenvalue weighted by Crippen LogP contribution is 2.24. The van der Waals surface area contributed by atoms with E-state index in [1.54, 1.807) is 0 Å². The topological polar surface area (TPSA) is 32.3 Å². The van der Waals surface area contributed by atoms with E-state index in [2.05, 4.69) is 5.32 Å². The normalized spacial score (nSPS) is 37.5. The van der Waals surface area contributed by atoms with Crippen molar-refractivity contribution in [1.82, 2.24) is 10.2 Å². The molecule has 2 bridgehead atoms. The molecule has 0 aromatic heterocycles. The summed E-state index contributed by atoms with van der Waals surface area (Å²) < 4.78 is 0. The van der Waals surface area contributed by atoms with Crippen molar-refractivity contribution in [3.63, 3.8) is 0 Å². The highest BCUT2D eigenvalue weighted by molar-refractivity contribution is 5.79. The number of rotatable bonds is 0. The number of nitrogens with zero attached hydrogens (tertiary/aromatic N) is 1. The summed E-state index contributed by atoms with van der Waals surface area (Å²) in [5.74, 6) is 1.30. The maximum atomic E-state index is 11.4. The fraction of sp³-hybridized carbons (Fsp3) is 0.875. The van der Waals surface area contributed by atoms with Crippen LogP contribution in [0.1, 0.15) is 6.42 Å². The molecule has 2 unspecified atom stereocenters. The Kier molecular flexibility index (Phi) is 1.60. The Hall–Kier alpha value is -0.570. The average molecular weight is 154 g/mol. The Bertz CT molecular complexity index is 179. The Morgan fingerprint density at radius 3 is 3.18 bits per heavy atom. The number of carbonyl (C=O) groups is 1. The number of hydrogen-bond donors (Lipinski definition) is 1.